The van der Waals surface area contributed by atoms with Crippen LogP contribution in [0.15, 0.2) is 0 Å². The lowest BCUT2D eigenvalue weighted by Gasteiger charge is -2.25. The minimum Gasteiger partial charge on any atom is -0.314 e. The van der Waals surface area contributed by atoms with Gasteiger partial charge in [-0.3, -0.25) is 0 Å². The minimum atomic E-state index is 0.773. The molecule has 1 saturated carbocycles. The fraction of sp³-hybridized carbons (Fsp3) is 1.00. The van der Waals surface area contributed by atoms with Gasteiger partial charge in [-0.1, -0.05) is 84.5 Å². The molecule has 114 valence electrons. The van der Waals surface area contributed by atoms with E-state index in [-0.39, 0.29) is 0 Å². The predicted molar refractivity (Wildman–Crippen MR) is 86.6 cm³/mol. The second-order valence-corrected chi connectivity index (χ2v) is 6.61. The molecule has 0 amide bonds. The maximum atomic E-state index is 3.73. The van der Waals surface area contributed by atoms with Gasteiger partial charge in [0.2, 0.25) is 0 Å². The molecule has 0 radical (unpaired) electrons. The topological polar surface area (TPSA) is 12.0 Å². The standard InChI is InChI=1S/C18H37N/c1-3-19-18-16-14-12-10-8-6-4-5-7-9-11-13-15-17(18)2/h17-19H,3-16H2,1-2H3. The first-order chi connectivity index (χ1) is 9.34. The summed E-state index contributed by atoms with van der Waals surface area (Å²) in [4.78, 5) is 0. The Morgan fingerprint density at radius 3 is 1.58 bits per heavy atom. The molecule has 0 aromatic carbocycles. The molecule has 0 aromatic rings. The molecular formula is C18H37N. The maximum Gasteiger partial charge on any atom is 0.00925 e. The van der Waals surface area contributed by atoms with Crippen molar-refractivity contribution >= 4 is 0 Å². The summed E-state index contributed by atoms with van der Waals surface area (Å²) in [5, 5.41) is 3.73. The highest BCUT2D eigenvalue weighted by Crippen LogP contribution is 2.20. The van der Waals surface area contributed by atoms with Crippen molar-refractivity contribution < 1.29 is 0 Å². The summed E-state index contributed by atoms with van der Waals surface area (Å²) in [7, 11) is 0. The largest absolute Gasteiger partial charge is 0.314 e. The first-order valence-corrected chi connectivity index (χ1v) is 9.08. The number of rotatable bonds is 2. The highest BCUT2D eigenvalue weighted by molar-refractivity contribution is 4.73. The molecule has 1 aliphatic rings. The van der Waals surface area contributed by atoms with E-state index in [2.05, 4.69) is 19.2 Å². The molecule has 1 heteroatoms. The second kappa shape index (κ2) is 11.8. The van der Waals surface area contributed by atoms with Gasteiger partial charge in [-0.2, -0.15) is 0 Å². The van der Waals surface area contributed by atoms with Crippen LogP contribution in [0.4, 0.5) is 0 Å². The highest BCUT2D eigenvalue weighted by Gasteiger charge is 2.15. The quantitative estimate of drug-likeness (QED) is 0.678. The second-order valence-electron chi connectivity index (χ2n) is 6.61. The fourth-order valence-electron chi connectivity index (χ4n) is 3.47. The molecule has 0 spiro atoms. The van der Waals surface area contributed by atoms with E-state index in [0.29, 0.717) is 0 Å². The van der Waals surface area contributed by atoms with Crippen LogP contribution in [0.5, 0.6) is 0 Å². The van der Waals surface area contributed by atoms with Crippen LogP contribution in [0, 0.1) is 5.92 Å². The van der Waals surface area contributed by atoms with Crippen molar-refractivity contribution in [2.45, 2.75) is 103 Å². The van der Waals surface area contributed by atoms with Gasteiger partial charge in [0.25, 0.3) is 0 Å². The Morgan fingerprint density at radius 1 is 0.684 bits per heavy atom. The average Bonchev–Trinajstić information content (AvgIpc) is 2.42. The Bertz CT molecular complexity index is 190. The Labute approximate surface area is 121 Å². The molecule has 1 fully saturated rings. The molecule has 1 aliphatic carbocycles. The van der Waals surface area contributed by atoms with Crippen LogP contribution in [-0.2, 0) is 0 Å². The van der Waals surface area contributed by atoms with Crippen LogP contribution >= 0.6 is 0 Å². The summed E-state index contributed by atoms with van der Waals surface area (Å²) in [6, 6.07) is 0.773. The molecule has 0 aliphatic heterocycles. The molecule has 1 rings (SSSR count). The average molecular weight is 268 g/mol. The predicted octanol–water partition coefficient (Wildman–Crippen LogP) is 5.69. The van der Waals surface area contributed by atoms with Gasteiger partial charge in [-0.15, -0.1) is 0 Å². The minimum absolute atomic E-state index is 0.773. The van der Waals surface area contributed by atoms with Crippen LogP contribution in [0.25, 0.3) is 0 Å². The molecule has 0 heterocycles. The van der Waals surface area contributed by atoms with E-state index < -0.39 is 0 Å². The van der Waals surface area contributed by atoms with E-state index in [1.54, 1.807) is 0 Å². The third-order valence-electron chi connectivity index (χ3n) is 4.83. The molecule has 2 unspecified atom stereocenters. The van der Waals surface area contributed by atoms with Crippen LogP contribution in [0.3, 0.4) is 0 Å². The van der Waals surface area contributed by atoms with Crippen LogP contribution in [0.1, 0.15) is 97.3 Å². The zero-order chi connectivity index (χ0) is 13.8. The molecule has 0 bridgehead atoms. The van der Waals surface area contributed by atoms with Gasteiger partial charge in [0, 0.05) is 6.04 Å². The highest BCUT2D eigenvalue weighted by atomic mass is 14.9. The van der Waals surface area contributed by atoms with Crippen molar-refractivity contribution in [3.8, 4) is 0 Å². The van der Waals surface area contributed by atoms with Gasteiger partial charge in [-0.05, 0) is 25.3 Å². The first-order valence-electron chi connectivity index (χ1n) is 9.08. The lowest BCUT2D eigenvalue weighted by atomic mass is 9.91. The zero-order valence-corrected chi connectivity index (χ0v) is 13.6. The lowest BCUT2D eigenvalue weighted by molar-refractivity contribution is 0.326. The Balaban J connectivity index is 2.32. The van der Waals surface area contributed by atoms with E-state index in [1.807, 2.05) is 0 Å². The van der Waals surface area contributed by atoms with Gasteiger partial charge >= 0.3 is 0 Å². The fourth-order valence-corrected chi connectivity index (χ4v) is 3.47. The van der Waals surface area contributed by atoms with E-state index in [9.17, 15) is 0 Å². The van der Waals surface area contributed by atoms with E-state index >= 15 is 0 Å². The summed E-state index contributed by atoms with van der Waals surface area (Å²) in [5.41, 5.74) is 0. The van der Waals surface area contributed by atoms with Crippen molar-refractivity contribution in [1.82, 2.24) is 5.32 Å². The first kappa shape index (κ1) is 17.0. The van der Waals surface area contributed by atoms with E-state index in [0.717, 1.165) is 18.5 Å². The SMILES string of the molecule is CCNC1CCCCCCCCCCCCCC1C. The van der Waals surface area contributed by atoms with Crippen molar-refractivity contribution in [2.75, 3.05) is 6.54 Å². The van der Waals surface area contributed by atoms with Crippen molar-refractivity contribution in [3.63, 3.8) is 0 Å². The van der Waals surface area contributed by atoms with Crippen LogP contribution < -0.4 is 5.32 Å². The van der Waals surface area contributed by atoms with Gasteiger partial charge < -0.3 is 5.32 Å². The van der Waals surface area contributed by atoms with Crippen LogP contribution in [-0.4, -0.2) is 12.6 Å². The summed E-state index contributed by atoms with van der Waals surface area (Å²) in [6.45, 7) is 5.85. The monoisotopic (exact) mass is 267 g/mol. The Morgan fingerprint density at radius 2 is 1.11 bits per heavy atom. The van der Waals surface area contributed by atoms with Gasteiger partial charge in [0.05, 0.1) is 0 Å². The molecule has 0 saturated heterocycles. The summed E-state index contributed by atoms with van der Waals surface area (Å²) < 4.78 is 0. The van der Waals surface area contributed by atoms with Crippen LogP contribution in [0.2, 0.25) is 0 Å². The lowest BCUT2D eigenvalue weighted by Crippen LogP contribution is -2.34. The number of hydrogen-bond acceptors (Lipinski definition) is 1. The molecule has 1 N–H and O–H groups in total. The van der Waals surface area contributed by atoms with E-state index in [4.69, 9.17) is 0 Å². The normalized spacial score (nSPS) is 29.4. The van der Waals surface area contributed by atoms with E-state index in [1.165, 1.54) is 83.5 Å². The van der Waals surface area contributed by atoms with Crippen molar-refractivity contribution in [2.24, 2.45) is 5.92 Å². The Hall–Kier alpha value is -0.0400. The molecular weight excluding hydrogens is 230 g/mol. The number of hydrogen-bond donors (Lipinski definition) is 1. The molecule has 1 nitrogen and oxygen atoms in total. The van der Waals surface area contributed by atoms with Gasteiger partial charge in [0.1, 0.15) is 0 Å². The smallest absolute Gasteiger partial charge is 0.00925 e. The molecule has 0 aromatic heterocycles. The number of nitrogens with one attached hydrogen (secondary N) is 1. The summed E-state index contributed by atoms with van der Waals surface area (Å²) in [5.74, 6) is 0.866. The molecule has 19 heavy (non-hydrogen) atoms. The van der Waals surface area contributed by atoms with Gasteiger partial charge in [0.15, 0.2) is 0 Å². The molecule has 2 atom stereocenters. The maximum absolute atomic E-state index is 3.73. The van der Waals surface area contributed by atoms with Crippen molar-refractivity contribution in [3.05, 3.63) is 0 Å². The van der Waals surface area contributed by atoms with Gasteiger partial charge in [-0.25, -0.2) is 0 Å². The third kappa shape index (κ3) is 8.68. The third-order valence-corrected chi connectivity index (χ3v) is 4.83. The summed E-state index contributed by atoms with van der Waals surface area (Å²) in [6.07, 6.45) is 19.0. The summed E-state index contributed by atoms with van der Waals surface area (Å²) >= 11 is 0. The Kier molecular flexibility index (Phi) is 10.5. The van der Waals surface area contributed by atoms with Crippen molar-refractivity contribution in [1.29, 1.82) is 0 Å². The zero-order valence-electron chi connectivity index (χ0n) is 13.6.